The van der Waals surface area contributed by atoms with Crippen LogP contribution in [0.25, 0.3) is 22.2 Å². The van der Waals surface area contributed by atoms with E-state index in [0.717, 1.165) is 24.8 Å². The van der Waals surface area contributed by atoms with Crippen LogP contribution in [0.5, 0.6) is 5.75 Å². The average Bonchev–Trinajstić information content (AvgIpc) is 3.50. The number of nitrogens with one attached hydrogen (secondary N) is 2. The number of carboxylic acid groups (broad SMARTS) is 1. The molecule has 7 rings (SSSR count). The molecule has 0 radical (unpaired) electrons. The van der Waals surface area contributed by atoms with Crippen molar-refractivity contribution >= 4 is 40.7 Å². The molecule has 13 nitrogen and oxygen atoms in total. The molecule has 1 aromatic heterocycles. The molecule has 13 heteroatoms. The first-order valence-electron chi connectivity index (χ1n) is 19.1. The van der Waals surface area contributed by atoms with Gasteiger partial charge in [0.2, 0.25) is 11.8 Å². The summed E-state index contributed by atoms with van der Waals surface area (Å²) in [6.07, 6.45) is 6.71. The van der Waals surface area contributed by atoms with Gasteiger partial charge in [0.25, 0.3) is 5.91 Å². The van der Waals surface area contributed by atoms with E-state index < -0.39 is 53.0 Å². The Morgan fingerprint density at radius 3 is 2.49 bits per heavy atom. The largest absolute Gasteiger partial charge is 0.497 e. The van der Waals surface area contributed by atoms with Crippen LogP contribution in [0, 0.1) is 17.8 Å². The number of hydrogen-bond acceptors (Lipinski definition) is 8. The second kappa shape index (κ2) is 15.0. The lowest BCUT2D eigenvalue weighted by Crippen LogP contribution is -2.58. The van der Waals surface area contributed by atoms with E-state index in [9.17, 15) is 29.1 Å². The molecule has 0 bridgehead atoms. The van der Waals surface area contributed by atoms with Gasteiger partial charge in [-0.2, -0.15) is 0 Å². The Balaban J connectivity index is 1.20. The van der Waals surface area contributed by atoms with Crippen molar-refractivity contribution in [2.45, 2.75) is 82.5 Å². The van der Waals surface area contributed by atoms with Gasteiger partial charge in [0.05, 0.1) is 23.9 Å². The second-order valence-electron chi connectivity index (χ2n) is 16.2. The zero-order valence-corrected chi connectivity index (χ0v) is 31.7. The van der Waals surface area contributed by atoms with Crippen LogP contribution in [0.3, 0.4) is 0 Å². The highest BCUT2D eigenvalue weighted by Gasteiger charge is 2.62. The maximum absolute atomic E-state index is 14.5. The SMILES string of the molecule is COc1ccc(-c2cc(C(=O)N3C[C@H]4CN5C(=O)[C@H](NC(=O)OC(C)(C)C)CCCCC/C=C\[C@@H]6C[C@]6(C(=O)O)NC(=O)[C@@H]5[C@H]4C3)c3ccccc3n2)cc1. The molecule has 3 aliphatic heterocycles. The number of likely N-dealkylation sites (tertiary alicyclic amines) is 1. The third-order valence-corrected chi connectivity index (χ3v) is 11.3. The van der Waals surface area contributed by atoms with E-state index >= 15 is 0 Å². The summed E-state index contributed by atoms with van der Waals surface area (Å²) in [5, 5.41) is 16.6. The molecule has 3 aromatic rings. The Kier molecular flexibility index (Phi) is 10.3. The van der Waals surface area contributed by atoms with E-state index in [1.165, 1.54) is 4.90 Å². The van der Waals surface area contributed by atoms with E-state index in [0.29, 0.717) is 40.8 Å². The maximum atomic E-state index is 14.5. The van der Waals surface area contributed by atoms with Crippen molar-refractivity contribution in [1.29, 1.82) is 0 Å². The van der Waals surface area contributed by atoms with Crippen LogP contribution >= 0.6 is 0 Å². The van der Waals surface area contributed by atoms with E-state index in [1.54, 1.807) is 38.8 Å². The third kappa shape index (κ3) is 7.74. The molecule has 290 valence electrons. The fraction of sp³-hybridized carbons (Fsp3) is 0.476. The monoisotopic (exact) mass is 751 g/mol. The first-order valence-corrected chi connectivity index (χ1v) is 19.1. The van der Waals surface area contributed by atoms with Crippen LogP contribution in [0.4, 0.5) is 4.79 Å². The summed E-state index contributed by atoms with van der Waals surface area (Å²) in [6.45, 7) is 5.84. The highest BCUT2D eigenvalue weighted by Crippen LogP contribution is 2.46. The van der Waals surface area contributed by atoms with Gasteiger partial charge in [-0.05, 0) is 82.9 Å². The van der Waals surface area contributed by atoms with Crippen LogP contribution < -0.4 is 15.4 Å². The number of aliphatic carboxylic acids is 1. The van der Waals surface area contributed by atoms with Crippen LogP contribution in [0.15, 0.2) is 66.7 Å². The van der Waals surface area contributed by atoms with Crippen LogP contribution in [-0.4, -0.2) is 99.6 Å². The van der Waals surface area contributed by atoms with Gasteiger partial charge in [-0.15, -0.1) is 0 Å². The Morgan fingerprint density at radius 2 is 1.76 bits per heavy atom. The summed E-state index contributed by atoms with van der Waals surface area (Å²) in [6, 6.07) is 14.7. The minimum Gasteiger partial charge on any atom is -0.497 e. The lowest BCUT2D eigenvalue weighted by molar-refractivity contribution is -0.146. The summed E-state index contributed by atoms with van der Waals surface area (Å²) >= 11 is 0. The highest BCUT2D eigenvalue weighted by molar-refractivity contribution is 6.07. The molecule has 0 unspecified atom stereocenters. The number of benzene rings is 2. The van der Waals surface area contributed by atoms with Crippen molar-refractivity contribution in [2.24, 2.45) is 17.8 Å². The van der Waals surface area contributed by atoms with Gasteiger partial charge in [-0.3, -0.25) is 14.4 Å². The van der Waals surface area contributed by atoms with Gasteiger partial charge < -0.3 is 35.0 Å². The van der Waals surface area contributed by atoms with E-state index in [1.807, 2.05) is 60.7 Å². The number of amides is 4. The number of rotatable bonds is 5. The normalized spacial score (nSPS) is 27.5. The standard InChI is InChI=1S/C42H49N5O8/c1-41(2,3)55-40(53)44-33-15-9-7-5-6-8-12-27-21-42(27,39(51)52)45-36(48)35-31-24-46(22-26(31)23-47(35)38(33)50)37(49)30-20-34(25-16-18-28(54-4)19-17-25)43-32-14-11-10-13-29(30)32/h8,10-14,16-20,26-27,31,33,35H,5-7,9,15,21-24H2,1-4H3,(H,44,53)(H,45,48)(H,51,52)/b12-8-/t26-,27+,31-,33+,35-,42-/m0/s1. The zero-order valence-electron chi connectivity index (χ0n) is 31.7. The number of aromatic nitrogens is 1. The van der Waals surface area contributed by atoms with Gasteiger partial charge in [0.15, 0.2) is 0 Å². The fourth-order valence-electron chi connectivity index (χ4n) is 8.42. The molecular weight excluding hydrogens is 702 g/mol. The molecule has 3 N–H and O–H groups in total. The molecule has 4 amide bonds. The average molecular weight is 752 g/mol. The zero-order chi connectivity index (χ0) is 39.1. The minimum absolute atomic E-state index is 0.162. The third-order valence-electron chi connectivity index (χ3n) is 11.3. The number of methoxy groups -OCH3 is 1. The second-order valence-corrected chi connectivity index (χ2v) is 16.2. The number of alkyl carbamates (subject to hydrolysis) is 1. The van der Waals surface area contributed by atoms with Gasteiger partial charge >= 0.3 is 12.1 Å². The number of carbonyl (C=O) groups is 5. The predicted molar refractivity (Wildman–Crippen MR) is 204 cm³/mol. The predicted octanol–water partition coefficient (Wildman–Crippen LogP) is 5.18. The molecule has 55 heavy (non-hydrogen) atoms. The minimum atomic E-state index is -1.48. The van der Waals surface area contributed by atoms with Crippen LogP contribution in [0.1, 0.15) is 69.7 Å². The van der Waals surface area contributed by atoms with Gasteiger partial charge in [0.1, 0.15) is 29.0 Å². The first-order chi connectivity index (χ1) is 26.3. The molecule has 1 saturated carbocycles. The topological polar surface area (TPSA) is 167 Å². The number of hydrogen-bond donors (Lipinski definition) is 3. The number of carbonyl (C=O) groups excluding carboxylic acids is 4. The number of allylic oxidation sites excluding steroid dienone is 1. The summed E-state index contributed by atoms with van der Waals surface area (Å²) in [4.78, 5) is 77.2. The molecule has 0 spiro atoms. The lowest BCUT2D eigenvalue weighted by atomic mass is 9.93. The first kappa shape index (κ1) is 37.8. The van der Waals surface area contributed by atoms with Crippen molar-refractivity contribution in [3.8, 4) is 17.0 Å². The van der Waals surface area contributed by atoms with Crippen LogP contribution in [0.2, 0.25) is 0 Å². The number of ether oxygens (including phenoxy) is 2. The van der Waals surface area contributed by atoms with E-state index in [2.05, 4.69) is 10.6 Å². The maximum Gasteiger partial charge on any atom is 0.408 e. The lowest BCUT2D eigenvalue weighted by Gasteiger charge is -2.33. The van der Waals surface area contributed by atoms with Gasteiger partial charge in [-0.25, -0.2) is 14.6 Å². The Labute approximate surface area is 320 Å². The molecule has 3 fully saturated rings. The number of para-hydroxylation sites is 1. The van der Waals surface area contributed by atoms with Gasteiger partial charge in [-0.1, -0.05) is 43.2 Å². The van der Waals surface area contributed by atoms with Crippen LogP contribution in [-0.2, 0) is 19.1 Å². The molecule has 4 heterocycles. The number of fused-ring (bicyclic) bond motifs is 5. The number of carboxylic acids is 1. The molecule has 2 saturated heterocycles. The molecular formula is C42H49N5O8. The Bertz CT molecular complexity index is 2030. The van der Waals surface area contributed by atoms with Crippen molar-refractivity contribution in [1.82, 2.24) is 25.4 Å². The number of nitrogens with zero attached hydrogens (tertiary/aromatic N) is 3. The highest BCUT2D eigenvalue weighted by atomic mass is 16.6. The van der Waals surface area contributed by atoms with Gasteiger partial charge in [0, 0.05) is 48.3 Å². The fourth-order valence-corrected chi connectivity index (χ4v) is 8.42. The summed E-state index contributed by atoms with van der Waals surface area (Å²) in [5.74, 6) is -2.77. The summed E-state index contributed by atoms with van der Waals surface area (Å²) < 4.78 is 10.8. The molecule has 2 aromatic carbocycles. The Morgan fingerprint density at radius 1 is 1.00 bits per heavy atom. The smallest absolute Gasteiger partial charge is 0.408 e. The molecule has 1 aliphatic carbocycles. The van der Waals surface area contributed by atoms with E-state index in [4.69, 9.17) is 14.5 Å². The summed E-state index contributed by atoms with van der Waals surface area (Å²) in [7, 11) is 1.60. The van der Waals surface area contributed by atoms with Crippen molar-refractivity contribution < 1.29 is 38.6 Å². The van der Waals surface area contributed by atoms with Crippen molar-refractivity contribution in [3.63, 3.8) is 0 Å². The Hall–Kier alpha value is -5.46. The summed E-state index contributed by atoms with van der Waals surface area (Å²) in [5.41, 5.74) is 0.301. The molecule has 6 atom stereocenters. The molecule has 4 aliphatic rings. The quantitative estimate of drug-likeness (QED) is 0.298. The van der Waals surface area contributed by atoms with E-state index in [-0.39, 0.29) is 43.8 Å². The van der Waals surface area contributed by atoms with Crippen molar-refractivity contribution in [3.05, 3.63) is 72.3 Å². The van der Waals surface area contributed by atoms with Crippen molar-refractivity contribution in [2.75, 3.05) is 26.7 Å². The number of pyridine rings is 1.